The van der Waals surface area contributed by atoms with E-state index in [1.54, 1.807) is 0 Å². The van der Waals surface area contributed by atoms with Crippen LogP contribution in [0.3, 0.4) is 0 Å². The Bertz CT molecular complexity index is 178. The lowest BCUT2D eigenvalue weighted by molar-refractivity contribution is 0.140. The average Bonchev–Trinajstić information content (AvgIpc) is 2.20. The van der Waals surface area contributed by atoms with Gasteiger partial charge in [0.15, 0.2) is 0 Å². The first kappa shape index (κ1) is 11.3. The third kappa shape index (κ3) is 3.54. The smallest absolute Gasteiger partial charge is 0.404 e. The Morgan fingerprint density at radius 2 is 2.00 bits per heavy atom. The lowest BCUT2D eigenvalue weighted by Crippen LogP contribution is -2.34. The second-order valence-corrected chi connectivity index (χ2v) is 4.03. The van der Waals surface area contributed by atoms with Gasteiger partial charge in [0.25, 0.3) is 0 Å². The minimum Gasteiger partial charge on any atom is -0.465 e. The predicted octanol–water partition coefficient (Wildman–Crippen LogP) is 1.44. The standard InChI is InChI=1S/C10H19NO3/c12-7-9(6-11-10(13)14)8-4-2-1-3-5-8/h8-9,11-12H,1-7H2,(H,13,14)/t9-/m1/s1. The van der Waals surface area contributed by atoms with Crippen LogP contribution in [0.15, 0.2) is 0 Å². The Morgan fingerprint density at radius 3 is 2.50 bits per heavy atom. The second-order valence-electron chi connectivity index (χ2n) is 4.03. The van der Waals surface area contributed by atoms with E-state index in [9.17, 15) is 4.79 Å². The van der Waals surface area contributed by atoms with E-state index in [0.29, 0.717) is 12.5 Å². The summed E-state index contributed by atoms with van der Waals surface area (Å²) in [6.07, 6.45) is 4.97. The quantitative estimate of drug-likeness (QED) is 0.644. The van der Waals surface area contributed by atoms with Gasteiger partial charge in [0.2, 0.25) is 0 Å². The fourth-order valence-electron chi connectivity index (χ4n) is 2.20. The van der Waals surface area contributed by atoms with Gasteiger partial charge in [-0.15, -0.1) is 0 Å². The summed E-state index contributed by atoms with van der Waals surface area (Å²) in [7, 11) is 0. The SMILES string of the molecule is O=C(O)NC[C@H](CO)C1CCCCC1. The molecule has 1 aliphatic carbocycles. The van der Waals surface area contributed by atoms with Crippen molar-refractivity contribution in [2.45, 2.75) is 32.1 Å². The van der Waals surface area contributed by atoms with E-state index >= 15 is 0 Å². The lowest BCUT2D eigenvalue weighted by Gasteiger charge is -2.28. The highest BCUT2D eigenvalue weighted by Gasteiger charge is 2.23. The first-order valence-corrected chi connectivity index (χ1v) is 5.31. The molecule has 1 fully saturated rings. The maximum absolute atomic E-state index is 10.3. The van der Waals surface area contributed by atoms with Crippen molar-refractivity contribution < 1.29 is 15.0 Å². The molecule has 1 rings (SSSR count). The number of aliphatic hydroxyl groups is 1. The van der Waals surface area contributed by atoms with Gasteiger partial charge >= 0.3 is 6.09 Å². The molecule has 1 aliphatic rings. The molecule has 0 aromatic heterocycles. The van der Waals surface area contributed by atoms with Crippen molar-refractivity contribution in [1.29, 1.82) is 0 Å². The summed E-state index contributed by atoms with van der Waals surface area (Å²) < 4.78 is 0. The molecule has 4 nitrogen and oxygen atoms in total. The number of rotatable bonds is 4. The van der Waals surface area contributed by atoms with Crippen LogP contribution in [0.5, 0.6) is 0 Å². The Balaban J connectivity index is 2.31. The highest BCUT2D eigenvalue weighted by Crippen LogP contribution is 2.29. The van der Waals surface area contributed by atoms with Gasteiger partial charge in [0.05, 0.1) is 0 Å². The minimum absolute atomic E-state index is 0.0882. The van der Waals surface area contributed by atoms with E-state index in [1.165, 1.54) is 19.3 Å². The van der Waals surface area contributed by atoms with Gasteiger partial charge in [-0.3, -0.25) is 0 Å². The summed E-state index contributed by atoms with van der Waals surface area (Å²) in [5, 5.41) is 20.0. The molecule has 4 heteroatoms. The van der Waals surface area contributed by atoms with Gasteiger partial charge < -0.3 is 15.5 Å². The lowest BCUT2D eigenvalue weighted by atomic mass is 9.80. The van der Waals surface area contributed by atoms with E-state index < -0.39 is 6.09 Å². The van der Waals surface area contributed by atoms with Gasteiger partial charge in [0, 0.05) is 19.1 Å². The number of aliphatic hydroxyl groups excluding tert-OH is 1. The molecule has 14 heavy (non-hydrogen) atoms. The number of hydrogen-bond donors (Lipinski definition) is 3. The van der Waals surface area contributed by atoms with Crippen LogP contribution >= 0.6 is 0 Å². The fraction of sp³-hybridized carbons (Fsp3) is 0.900. The maximum atomic E-state index is 10.3. The molecular formula is C10H19NO3. The van der Waals surface area contributed by atoms with Crippen LogP contribution in [-0.4, -0.2) is 29.5 Å². The number of carbonyl (C=O) groups is 1. The van der Waals surface area contributed by atoms with E-state index in [-0.39, 0.29) is 12.5 Å². The summed E-state index contributed by atoms with van der Waals surface area (Å²) in [5.74, 6) is 0.604. The topological polar surface area (TPSA) is 69.6 Å². The normalized spacial score (nSPS) is 20.4. The minimum atomic E-state index is -1.00. The van der Waals surface area contributed by atoms with E-state index in [4.69, 9.17) is 10.2 Å². The summed E-state index contributed by atoms with van der Waals surface area (Å²) in [4.78, 5) is 10.3. The van der Waals surface area contributed by atoms with Crippen molar-refractivity contribution in [2.24, 2.45) is 11.8 Å². The monoisotopic (exact) mass is 201 g/mol. The molecule has 0 bridgehead atoms. The summed E-state index contributed by atoms with van der Waals surface area (Å²) in [6.45, 7) is 0.474. The zero-order chi connectivity index (χ0) is 10.4. The van der Waals surface area contributed by atoms with Crippen molar-refractivity contribution in [1.82, 2.24) is 5.32 Å². The molecule has 1 saturated carbocycles. The molecule has 0 saturated heterocycles. The second kappa shape index (κ2) is 5.86. The molecule has 0 aliphatic heterocycles. The maximum Gasteiger partial charge on any atom is 0.404 e. The molecule has 0 unspecified atom stereocenters. The summed E-state index contributed by atoms with van der Waals surface area (Å²) in [5.41, 5.74) is 0. The molecule has 1 atom stereocenters. The van der Waals surface area contributed by atoms with Crippen LogP contribution in [0, 0.1) is 11.8 Å². The molecular weight excluding hydrogens is 182 g/mol. The number of carboxylic acid groups (broad SMARTS) is 1. The number of nitrogens with one attached hydrogen (secondary N) is 1. The molecule has 0 aromatic rings. The van der Waals surface area contributed by atoms with Crippen molar-refractivity contribution >= 4 is 6.09 Å². The fourth-order valence-corrected chi connectivity index (χ4v) is 2.20. The average molecular weight is 201 g/mol. The Labute approximate surface area is 84.3 Å². The van der Waals surface area contributed by atoms with Crippen LogP contribution in [0.25, 0.3) is 0 Å². The van der Waals surface area contributed by atoms with Gasteiger partial charge in [-0.25, -0.2) is 4.79 Å². The van der Waals surface area contributed by atoms with E-state index in [1.807, 2.05) is 0 Å². The van der Waals surface area contributed by atoms with Gasteiger partial charge in [-0.2, -0.15) is 0 Å². The Morgan fingerprint density at radius 1 is 1.36 bits per heavy atom. The van der Waals surface area contributed by atoms with Crippen LogP contribution in [0.4, 0.5) is 4.79 Å². The first-order chi connectivity index (χ1) is 6.74. The third-order valence-corrected chi connectivity index (χ3v) is 3.07. The van der Waals surface area contributed by atoms with Gasteiger partial charge in [-0.1, -0.05) is 32.1 Å². The van der Waals surface area contributed by atoms with Crippen molar-refractivity contribution in [3.8, 4) is 0 Å². The Hall–Kier alpha value is -0.770. The van der Waals surface area contributed by atoms with E-state index in [2.05, 4.69) is 5.32 Å². The van der Waals surface area contributed by atoms with Crippen LogP contribution in [0.2, 0.25) is 0 Å². The van der Waals surface area contributed by atoms with Crippen LogP contribution < -0.4 is 5.32 Å². The summed E-state index contributed by atoms with van der Waals surface area (Å²) in [6, 6.07) is 0. The first-order valence-electron chi connectivity index (χ1n) is 5.31. The van der Waals surface area contributed by atoms with Crippen molar-refractivity contribution in [3.05, 3.63) is 0 Å². The predicted molar refractivity (Wildman–Crippen MR) is 53.2 cm³/mol. The zero-order valence-electron chi connectivity index (χ0n) is 8.41. The van der Waals surface area contributed by atoms with Gasteiger partial charge in [0.1, 0.15) is 0 Å². The molecule has 0 aromatic carbocycles. The largest absolute Gasteiger partial charge is 0.465 e. The van der Waals surface area contributed by atoms with Crippen molar-refractivity contribution in [2.75, 3.05) is 13.2 Å². The van der Waals surface area contributed by atoms with Crippen LogP contribution in [-0.2, 0) is 0 Å². The summed E-state index contributed by atoms with van der Waals surface area (Å²) >= 11 is 0. The molecule has 82 valence electrons. The van der Waals surface area contributed by atoms with E-state index in [0.717, 1.165) is 12.8 Å². The zero-order valence-corrected chi connectivity index (χ0v) is 8.41. The van der Waals surface area contributed by atoms with Crippen molar-refractivity contribution in [3.63, 3.8) is 0 Å². The van der Waals surface area contributed by atoms with Crippen LogP contribution in [0.1, 0.15) is 32.1 Å². The molecule has 0 heterocycles. The highest BCUT2D eigenvalue weighted by molar-refractivity contribution is 5.64. The number of amides is 1. The number of hydrogen-bond acceptors (Lipinski definition) is 2. The van der Waals surface area contributed by atoms with Gasteiger partial charge in [-0.05, 0) is 5.92 Å². The Kier molecular flexibility index (Phi) is 4.73. The third-order valence-electron chi connectivity index (χ3n) is 3.07. The molecule has 3 N–H and O–H groups in total. The highest BCUT2D eigenvalue weighted by atomic mass is 16.4. The molecule has 0 radical (unpaired) electrons. The molecule has 0 spiro atoms. The molecule has 1 amide bonds.